The molecule has 21 heavy (non-hydrogen) atoms. The number of nitrogens with two attached hydrogens (primary N) is 1. The number of hydrogen-bond acceptors (Lipinski definition) is 4. The van der Waals surface area contributed by atoms with E-state index in [0.717, 1.165) is 4.31 Å². The van der Waals surface area contributed by atoms with Gasteiger partial charge in [-0.2, -0.15) is 4.31 Å². The fourth-order valence-corrected chi connectivity index (χ4v) is 4.06. The van der Waals surface area contributed by atoms with Crippen molar-refractivity contribution in [2.75, 3.05) is 20.1 Å². The first kappa shape index (κ1) is 18.2. The van der Waals surface area contributed by atoms with E-state index >= 15 is 0 Å². The zero-order chi connectivity index (χ0) is 16.2. The monoisotopic (exact) mass is 350 g/mol. The van der Waals surface area contributed by atoms with Crippen LogP contribution >= 0.6 is 23.2 Å². The average Bonchev–Trinajstić information content (AvgIpc) is 2.34. The Morgan fingerprint density at radius 3 is 2.33 bits per heavy atom. The Labute approximate surface area is 134 Å². The van der Waals surface area contributed by atoms with E-state index in [-0.39, 0.29) is 28.0 Å². The molecule has 0 saturated heterocycles. The quantitative estimate of drug-likeness (QED) is 0.801. The predicted molar refractivity (Wildman–Crippen MR) is 83.9 cm³/mol. The van der Waals surface area contributed by atoms with Crippen LogP contribution in [0.2, 0.25) is 10.0 Å². The summed E-state index contributed by atoms with van der Waals surface area (Å²) >= 11 is 12.1. The second kappa shape index (κ2) is 7.45. The number of hydrogen-bond donors (Lipinski definition) is 2. The maximum atomic E-state index is 12.4. The van der Waals surface area contributed by atoms with Crippen molar-refractivity contribution in [2.45, 2.75) is 17.9 Å². The number of halogens is 2. The molecular weight excluding hydrogens is 335 g/mol. The Balaban J connectivity index is 3.31. The van der Waals surface area contributed by atoms with Crippen LogP contribution in [0.25, 0.3) is 0 Å². The Morgan fingerprint density at radius 1 is 1.38 bits per heavy atom. The highest BCUT2D eigenvalue weighted by Crippen LogP contribution is 2.32. The van der Waals surface area contributed by atoms with Crippen molar-refractivity contribution in [1.29, 1.82) is 0 Å². The number of sulfonamides is 1. The van der Waals surface area contributed by atoms with Crippen molar-refractivity contribution in [2.24, 2.45) is 5.73 Å². The lowest BCUT2D eigenvalue weighted by molar-refractivity contribution is 0.171. The highest BCUT2D eigenvalue weighted by molar-refractivity contribution is 7.89. The van der Waals surface area contributed by atoms with Crippen LogP contribution < -0.4 is 5.73 Å². The van der Waals surface area contributed by atoms with Gasteiger partial charge in [-0.3, -0.25) is 0 Å². The molecule has 0 aliphatic carbocycles. The Morgan fingerprint density at radius 2 is 1.90 bits per heavy atom. The van der Waals surface area contributed by atoms with Gasteiger partial charge in [0.15, 0.2) is 0 Å². The van der Waals surface area contributed by atoms with E-state index < -0.39 is 16.1 Å². The predicted octanol–water partition coefficient (Wildman–Crippen LogP) is 1.30. The Kier molecular flexibility index (Phi) is 6.47. The smallest absolute Gasteiger partial charge is 0.245 e. The molecule has 0 amide bonds. The molecule has 0 spiro atoms. The second-order valence-corrected chi connectivity index (χ2v) is 7.21. The van der Waals surface area contributed by atoms with Crippen molar-refractivity contribution in [3.63, 3.8) is 0 Å². The summed E-state index contributed by atoms with van der Waals surface area (Å²) in [7, 11) is -2.55. The summed E-state index contributed by atoms with van der Waals surface area (Å²) in [5.41, 5.74) is 5.75. The molecule has 0 aromatic heterocycles. The van der Waals surface area contributed by atoms with E-state index in [1.165, 1.54) is 26.1 Å². The highest BCUT2D eigenvalue weighted by atomic mass is 35.5. The first-order chi connectivity index (χ1) is 9.70. The molecule has 1 aromatic carbocycles. The highest BCUT2D eigenvalue weighted by Gasteiger charge is 2.27. The second-order valence-electron chi connectivity index (χ2n) is 4.41. The Bertz CT molecular complexity index is 655. The molecule has 0 fully saturated rings. The molecule has 0 radical (unpaired) electrons. The van der Waals surface area contributed by atoms with E-state index in [9.17, 15) is 13.5 Å². The summed E-state index contributed by atoms with van der Waals surface area (Å²) in [6.45, 7) is 1.59. The van der Waals surface area contributed by atoms with Gasteiger partial charge in [0.05, 0.1) is 22.7 Å². The van der Waals surface area contributed by atoms with Crippen molar-refractivity contribution in [3.8, 4) is 11.8 Å². The summed E-state index contributed by atoms with van der Waals surface area (Å²) in [5.74, 6) is 5.37. The molecule has 8 heteroatoms. The van der Waals surface area contributed by atoms with Gasteiger partial charge in [-0.1, -0.05) is 35.0 Å². The lowest BCUT2D eigenvalue weighted by Crippen LogP contribution is -2.33. The van der Waals surface area contributed by atoms with Gasteiger partial charge in [0.2, 0.25) is 10.0 Å². The first-order valence-electron chi connectivity index (χ1n) is 6.02. The summed E-state index contributed by atoms with van der Waals surface area (Å²) in [4.78, 5) is -0.202. The van der Waals surface area contributed by atoms with Gasteiger partial charge in [0.1, 0.15) is 4.90 Å². The number of aliphatic hydroxyl groups excluding tert-OH is 1. The molecule has 5 nitrogen and oxygen atoms in total. The summed E-state index contributed by atoms with van der Waals surface area (Å²) in [5, 5.41) is 9.26. The van der Waals surface area contributed by atoms with Crippen LogP contribution in [0.15, 0.2) is 17.0 Å². The zero-order valence-electron chi connectivity index (χ0n) is 11.6. The number of likely N-dealkylation sites (N-methyl/N-ethyl adjacent to an activating group) is 1. The number of nitrogens with zero attached hydrogens (tertiary/aromatic N) is 1. The largest absolute Gasteiger partial charge is 0.392 e. The number of rotatable bonds is 4. The fraction of sp³-hybridized carbons (Fsp3) is 0.385. The topological polar surface area (TPSA) is 83.6 Å². The fourth-order valence-electron chi connectivity index (χ4n) is 1.66. The van der Waals surface area contributed by atoms with Gasteiger partial charge in [-0.05, 0) is 19.1 Å². The third-order valence-corrected chi connectivity index (χ3v) is 5.27. The SMILES string of the molecule is CC(O)CN(C)S(=O)(=O)c1c(Cl)cc(C#CCN)cc1Cl. The van der Waals surface area contributed by atoms with Crippen LogP contribution in [-0.2, 0) is 10.0 Å². The third-order valence-electron chi connectivity index (χ3n) is 2.52. The van der Waals surface area contributed by atoms with Crippen molar-refractivity contribution >= 4 is 33.2 Å². The molecule has 1 atom stereocenters. The molecule has 1 aromatic rings. The van der Waals surface area contributed by atoms with Crippen molar-refractivity contribution in [1.82, 2.24) is 4.31 Å². The number of benzene rings is 1. The van der Waals surface area contributed by atoms with Gasteiger partial charge in [-0.15, -0.1) is 0 Å². The van der Waals surface area contributed by atoms with E-state index in [4.69, 9.17) is 28.9 Å². The van der Waals surface area contributed by atoms with Gasteiger partial charge in [-0.25, -0.2) is 8.42 Å². The molecule has 3 N–H and O–H groups in total. The van der Waals surface area contributed by atoms with Crippen LogP contribution in [0.4, 0.5) is 0 Å². The zero-order valence-corrected chi connectivity index (χ0v) is 13.9. The minimum absolute atomic E-state index is 0.0266. The van der Waals surface area contributed by atoms with Crippen molar-refractivity contribution in [3.05, 3.63) is 27.7 Å². The first-order valence-corrected chi connectivity index (χ1v) is 8.22. The molecule has 0 saturated carbocycles. The van der Waals surface area contributed by atoms with Gasteiger partial charge in [0, 0.05) is 19.2 Å². The summed E-state index contributed by atoms with van der Waals surface area (Å²) in [6, 6.07) is 2.83. The van der Waals surface area contributed by atoms with E-state index in [1.54, 1.807) is 0 Å². The van der Waals surface area contributed by atoms with Crippen LogP contribution in [0, 0.1) is 11.8 Å². The van der Waals surface area contributed by atoms with Gasteiger partial charge >= 0.3 is 0 Å². The van der Waals surface area contributed by atoms with E-state index in [1.807, 2.05) is 0 Å². The van der Waals surface area contributed by atoms with Crippen molar-refractivity contribution < 1.29 is 13.5 Å². The Hall–Kier alpha value is -0.810. The molecule has 0 aliphatic heterocycles. The van der Waals surface area contributed by atoms with Crippen LogP contribution in [0.1, 0.15) is 12.5 Å². The van der Waals surface area contributed by atoms with Crippen LogP contribution in [0.5, 0.6) is 0 Å². The third kappa shape index (κ3) is 4.58. The molecule has 1 unspecified atom stereocenters. The van der Waals surface area contributed by atoms with E-state index in [2.05, 4.69) is 11.8 Å². The lowest BCUT2D eigenvalue weighted by Gasteiger charge is -2.20. The standard InChI is InChI=1S/C13H16Cl2N2O3S/c1-9(18)8-17(2)21(19,20)13-11(14)6-10(4-3-5-16)7-12(13)15/h6-7,9,18H,5,8,16H2,1-2H3. The molecule has 0 heterocycles. The molecule has 0 aliphatic rings. The molecule has 0 bridgehead atoms. The minimum atomic E-state index is -3.90. The number of aliphatic hydroxyl groups is 1. The van der Waals surface area contributed by atoms with Gasteiger partial charge in [0.25, 0.3) is 0 Å². The molecule has 1 rings (SSSR count). The molecule has 116 valence electrons. The van der Waals surface area contributed by atoms with E-state index in [0.29, 0.717) is 5.56 Å². The summed E-state index contributed by atoms with van der Waals surface area (Å²) < 4.78 is 25.8. The molecular formula is C13H16Cl2N2O3S. The minimum Gasteiger partial charge on any atom is -0.392 e. The van der Waals surface area contributed by atoms with Gasteiger partial charge < -0.3 is 10.8 Å². The van der Waals surface area contributed by atoms with Crippen LogP contribution in [-0.4, -0.2) is 44.1 Å². The van der Waals surface area contributed by atoms with Crippen LogP contribution in [0.3, 0.4) is 0 Å². The normalized spacial score (nSPS) is 12.9. The average molecular weight is 351 g/mol. The maximum absolute atomic E-state index is 12.4. The summed E-state index contributed by atoms with van der Waals surface area (Å²) in [6.07, 6.45) is -0.808. The lowest BCUT2D eigenvalue weighted by atomic mass is 10.2. The maximum Gasteiger partial charge on any atom is 0.245 e.